The van der Waals surface area contributed by atoms with Gasteiger partial charge in [0.25, 0.3) is 5.56 Å². The van der Waals surface area contributed by atoms with E-state index in [1.807, 2.05) is 19.4 Å². The molecular weight excluding hydrogens is 346 g/mol. The third kappa shape index (κ3) is 3.27. The second-order valence-electron chi connectivity index (χ2n) is 6.93. The maximum Gasteiger partial charge on any atom is 0.305 e. The Morgan fingerprint density at radius 2 is 2.22 bits per heavy atom. The van der Waals surface area contributed by atoms with E-state index in [1.54, 1.807) is 11.6 Å². The van der Waals surface area contributed by atoms with Crippen molar-refractivity contribution in [2.24, 2.45) is 7.05 Å². The average Bonchev–Trinajstić information content (AvgIpc) is 3.30. The van der Waals surface area contributed by atoms with Crippen LogP contribution in [0, 0.1) is 0 Å². The number of H-pyrrole nitrogens is 1. The maximum atomic E-state index is 12.6. The molecular formula is C19H23N5O3. The number of aryl methyl sites for hydroxylation is 2. The van der Waals surface area contributed by atoms with Crippen molar-refractivity contribution in [2.45, 2.75) is 45.1 Å². The number of rotatable bonds is 7. The van der Waals surface area contributed by atoms with Crippen LogP contribution in [-0.4, -0.2) is 36.9 Å². The summed E-state index contributed by atoms with van der Waals surface area (Å²) in [4.78, 5) is 31.5. The fourth-order valence-corrected chi connectivity index (χ4v) is 3.67. The largest absolute Gasteiger partial charge is 0.466 e. The van der Waals surface area contributed by atoms with Gasteiger partial charge >= 0.3 is 5.97 Å². The standard InChI is InChI=1S/C19H23N5O3/c1-3-27-14(25)5-4-8-24-17(12-6-7-12)15(13-9-22-23(2)10-13)16-18(24)19(26)21-11-20-16/h9-12H,3-8H2,1-2H3,(H,20,21,26). The predicted octanol–water partition coefficient (Wildman–Crippen LogP) is 2.35. The monoisotopic (exact) mass is 369 g/mol. The van der Waals surface area contributed by atoms with Gasteiger partial charge in [-0.2, -0.15) is 5.10 Å². The van der Waals surface area contributed by atoms with E-state index in [0.717, 1.165) is 29.7 Å². The molecule has 1 aliphatic carbocycles. The van der Waals surface area contributed by atoms with Crippen molar-refractivity contribution in [2.75, 3.05) is 6.61 Å². The first-order chi connectivity index (χ1) is 13.1. The Kier molecular flexibility index (Phi) is 4.55. The van der Waals surface area contributed by atoms with Gasteiger partial charge in [-0.1, -0.05) is 0 Å². The van der Waals surface area contributed by atoms with Crippen LogP contribution in [0.3, 0.4) is 0 Å². The average molecular weight is 369 g/mol. The lowest BCUT2D eigenvalue weighted by atomic mass is 10.1. The zero-order valence-corrected chi connectivity index (χ0v) is 15.6. The van der Waals surface area contributed by atoms with Crippen molar-refractivity contribution in [1.29, 1.82) is 0 Å². The van der Waals surface area contributed by atoms with Crippen molar-refractivity contribution < 1.29 is 9.53 Å². The molecule has 4 rings (SSSR count). The van der Waals surface area contributed by atoms with Gasteiger partial charge in [-0.3, -0.25) is 14.3 Å². The fourth-order valence-electron chi connectivity index (χ4n) is 3.67. The van der Waals surface area contributed by atoms with Crippen molar-refractivity contribution in [3.8, 4) is 11.1 Å². The number of fused-ring (bicyclic) bond motifs is 1. The molecule has 3 aromatic rings. The lowest BCUT2D eigenvalue weighted by Gasteiger charge is -2.11. The van der Waals surface area contributed by atoms with E-state index in [1.165, 1.54) is 6.33 Å². The second kappa shape index (κ2) is 7.02. The minimum absolute atomic E-state index is 0.159. The van der Waals surface area contributed by atoms with Crippen LogP contribution in [0.5, 0.6) is 0 Å². The van der Waals surface area contributed by atoms with E-state index in [9.17, 15) is 9.59 Å². The maximum absolute atomic E-state index is 12.6. The topological polar surface area (TPSA) is 94.8 Å². The Bertz CT molecular complexity index is 1040. The SMILES string of the molecule is CCOC(=O)CCCn1c(C2CC2)c(-c2cnn(C)c2)c2nc[nH]c(=O)c21. The van der Waals surface area contributed by atoms with E-state index in [-0.39, 0.29) is 11.5 Å². The molecule has 0 saturated heterocycles. The van der Waals surface area contributed by atoms with Gasteiger partial charge in [0, 0.05) is 43.0 Å². The van der Waals surface area contributed by atoms with E-state index in [2.05, 4.69) is 19.6 Å². The third-order valence-corrected chi connectivity index (χ3v) is 4.91. The molecule has 1 saturated carbocycles. The second-order valence-corrected chi connectivity index (χ2v) is 6.93. The zero-order chi connectivity index (χ0) is 19.0. The number of carbonyl (C=O) groups is 1. The highest BCUT2D eigenvalue weighted by Crippen LogP contribution is 2.47. The van der Waals surface area contributed by atoms with E-state index in [0.29, 0.717) is 42.9 Å². The van der Waals surface area contributed by atoms with Gasteiger partial charge in [0.05, 0.1) is 19.1 Å². The third-order valence-electron chi connectivity index (χ3n) is 4.91. The lowest BCUT2D eigenvalue weighted by molar-refractivity contribution is -0.143. The van der Waals surface area contributed by atoms with Crippen LogP contribution < -0.4 is 5.56 Å². The van der Waals surface area contributed by atoms with Crippen molar-refractivity contribution >= 4 is 17.0 Å². The van der Waals surface area contributed by atoms with Crippen LogP contribution in [0.15, 0.2) is 23.5 Å². The summed E-state index contributed by atoms with van der Waals surface area (Å²) in [6.45, 7) is 2.76. The van der Waals surface area contributed by atoms with Crippen LogP contribution in [0.25, 0.3) is 22.2 Å². The molecule has 0 atom stereocenters. The molecule has 0 bridgehead atoms. The van der Waals surface area contributed by atoms with E-state index in [4.69, 9.17) is 4.74 Å². The molecule has 0 aliphatic heterocycles. The number of esters is 1. The molecule has 1 aliphatic rings. The van der Waals surface area contributed by atoms with Crippen LogP contribution in [0.1, 0.15) is 44.2 Å². The number of aromatic nitrogens is 5. The Hall–Kier alpha value is -2.90. The Morgan fingerprint density at radius 1 is 1.41 bits per heavy atom. The number of aromatic amines is 1. The molecule has 8 nitrogen and oxygen atoms in total. The first-order valence-electron chi connectivity index (χ1n) is 9.34. The van der Waals surface area contributed by atoms with E-state index >= 15 is 0 Å². The van der Waals surface area contributed by atoms with Gasteiger partial charge in [0.1, 0.15) is 11.0 Å². The molecule has 0 amide bonds. The zero-order valence-electron chi connectivity index (χ0n) is 15.6. The van der Waals surface area contributed by atoms with Gasteiger partial charge in [-0.05, 0) is 32.1 Å². The number of hydrogen-bond donors (Lipinski definition) is 1. The minimum atomic E-state index is -0.207. The van der Waals surface area contributed by atoms with Crippen LogP contribution >= 0.6 is 0 Å². The summed E-state index contributed by atoms with van der Waals surface area (Å²) in [5.74, 6) is 0.206. The first kappa shape index (κ1) is 17.5. The molecule has 8 heteroatoms. The summed E-state index contributed by atoms with van der Waals surface area (Å²) in [5.41, 5.74) is 4.20. The smallest absolute Gasteiger partial charge is 0.305 e. The predicted molar refractivity (Wildman–Crippen MR) is 100 cm³/mol. The molecule has 27 heavy (non-hydrogen) atoms. The molecule has 0 radical (unpaired) electrons. The molecule has 0 spiro atoms. The summed E-state index contributed by atoms with van der Waals surface area (Å²) in [7, 11) is 1.87. The number of hydrogen-bond acceptors (Lipinski definition) is 5. The molecule has 1 N–H and O–H groups in total. The van der Waals surface area contributed by atoms with Crippen molar-refractivity contribution in [3.63, 3.8) is 0 Å². The normalized spacial score (nSPS) is 14.0. The number of carbonyl (C=O) groups excluding carboxylic acids is 1. The summed E-state index contributed by atoms with van der Waals surface area (Å²) < 4.78 is 8.83. The van der Waals surface area contributed by atoms with Gasteiger partial charge < -0.3 is 14.3 Å². The fraction of sp³-hybridized carbons (Fsp3) is 0.474. The van der Waals surface area contributed by atoms with Gasteiger partial charge in [-0.15, -0.1) is 0 Å². The van der Waals surface area contributed by atoms with E-state index < -0.39 is 0 Å². The number of nitrogens with zero attached hydrogens (tertiary/aromatic N) is 4. The molecule has 3 heterocycles. The molecule has 1 fully saturated rings. The number of nitrogens with one attached hydrogen (secondary N) is 1. The Labute approximate surface area is 156 Å². The highest BCUT2D eigenvalue weighted by molar-refractivity contribution is 5.95. The number of ether oxygens (including phenoxy) is 1. The van der Waals surface area contributed by atoms with Crippen LogP contribution in [-0.2, 0) is 23.1 Å². The summed E-state index contributed by atoms with van der Waals surface area (Å²) in [5, 5.41) is 4.29. The van der Waals surface area contributed by atoms with Gasteiger partial charge in [0.2, 0.25) is 0 Å². The molecule has 0 aromatic carbocycles. The quantitative estimate of drug-likeness (QED) is 0.645. The van der Waals surface area contributed by atoms with Crippen molar-refractivity contribution in [3.05, 3.63) is 34.8 Å². The van der Waals surface area contributed by atoms with Gasteiger partial charge in [0.15, 0.2) is 0 Å². The van der Waals surface area contributed by atoms with Crippen LogP contribution in [0.4, 0.5) is 0 Å². The molecule has 142 valence electrons. The highest BCUT2D eigenvalue weighted by Gasteiger charge is 2.33. The summed E-state index contributed by atoms with van der Waals surface area (Å²) in [6, 6.07) is 0. The summed E-state index contributed by atoms with van der Waals surface area (Å²) in [6.07, 6.45) is 8.35. The van der Waals surface area contributed by atoms with Crippen molar-refractivity contribution in [1.82, 2.24) is 24.3 Å². The Morgan fingerprint density at radius 3 is 2.89 bits per heavy atom. The molecule has 3 aromatic heterocycles. The summed E-state index contributed by atoms with van der Waals surface area (Å²) >= 11 is 0. The lowest BCUT2D eigenvalue weighted by Crippen LogP contribution is -2.14. The minimum Gasteiger partial charge on any atom is -0.466 e. The first-order valence-corrected chi connectivity index (χ1v) is 9.34. The van der Waals surface area contributed by atoms with Crippen LogP contribution in [0.2, 0.25) is 0 Å². The Balaban J connectivity index is 1.81. The molecule has 0 unspecified atom stereocenters. The van der Waals surface area contributed by atoms with Gasteiger partial charge in [-0.25, -0.2) is 4.98 Å². The highest BCUT2D eigenvalue weighted by atomic mass is 16.5.